The van der Waals surface area contributed by atoms with E-state index in [1.54, 1.807) is 0 Å². The van der Waals surface area contributed by atoms with E-state index in [0.29, 0.717) is 0 Å². The number of hydrogen-bond donors (Lipinski definition) is 0. The Kier molecular flexibility index (Phi) is 3.83. The van der Waals surface area contributed by atoms with Gasteiger partial charge >= 0.3 is 0 Å². The Morgan fingerprint density at radius 2 is 1.31 bits per heavy atom. The summed E-state index contributed by atoms with van der Waals surface area (Å²) in [6.07, 6.45) is 2.11. The molecule has 2 aliphatic heterocycles. The molecule has 0 N–H and O–H groups in total. The van der Waals surface area contributed by atoms with Crippen LogP contribution in [-0.2, 0) is 5.41 Å². The maximum Gasteiger partial charge on any atom is 0.179 e. The van der Waals surface area contributed by atoms with Crippen LogP contribution in [-0.4, -0.2) is 16.1 Å². The lowest BCUT2D eigenvalue weighted by molar-refractivity contribution is 0.171. The molecule has 3 aromatic carbocycles. The monoisotopic (exact) mass is 418 g/mol. The molecule has 0 radical (unpaired) electrons. The van der Waals surface area contributed by atoms with Crippen LogP contribution in [0.2, 0.25) is 0 Å². The van der Waals surface area contributed by atoms with Crippen molar-refractivity contribution >= 4 is 34.0 Å². The molecule has 4 aromatic rings. The van der Waals surface area contributed by atoms with Gasteiger partial charge < -0.3 is 9.80 Å². The summed E-state index contributed by atoms with van der Waals surface area (Å²) in [4.78, 5) is 15.1. The topological polar surface area (TPSA) is 32.3 Å². The molecule has 0 saturated heterocycles. The molecular formula is C28H26N4. The lowest BCUT2D eigenvalue weighted by atomic mass is 9.58. The summed E-state index contributed by atoms with van der Waals surface area (Å²) in [7, 11) is 0. The van der Waals surface area contributed by atoms with Crippen molar-refractivity contribution < 1.29 is 0 Å². The highest BCUT2D eigenvalue weighted by Crippen LogP contribution is 2.61. The minimum atomic E-state index is -0.237. The van der Waals surface area contributed by atoms with E-state index in [1.165, 1.54) is 11.3 Å². The van der Waals surface area contributed by atoms with Crippen LogP contribution < -0.4 is 9.80 Å². The lowest BCUT2D eigenvalue weighted by Gasteiger charge is -2.56. The van der Waals surface area contributed by atoms with Crippen molar-refractivity contribution in [2.75, 3.05) is 9.80 Å². The van der Waals surface area contributed by atoms with Crippen molar-refractivity contribution in [1.29, 1.82) is 0 Å². The van der Waals surface area contributed by atoms with Gasteiger partial charge in [-0.3, -0.25) is 0 Å². The lowest BCUT2D eigenvalue weighted by Crippen LogP contribution is -2.60. The van der Waals surface area contributed by atoms with Crippen LogP contribution in [0.1, 0.15) is 26.3 Å². The van der Waals surface area contributed by atoms with Crippen LogP contribution in [0.25, 0.3) is 11.0 Å². The van der Waals surface area contributed by atoms with Gasteiger partial charge in [-0.1, -0.05) is 75.4 Å². The molecule has 0 fully saturated rings. The van der Waals surface area contributed by atoms with E-state index < -0.39 is 0 Å². The minimum absolute atomic E-state index is 0.00499. The standard InChI is InChI=1S/C28H26N4/c1-5-28(4)20-15-9-12-18-23(20)32-25-24(29-21-16-10-11-17-22(21)30-25)31(26(32)27(28,2)3)19-13-7-6-8-14-19/h5-18,26H,1H2,2-4H3. The Bertz CT molecular complexity index is 1360. The second kappa shape index (κ2) is 6.42. The fourth-order valence-electron chi connectivity index (χ4n) is 5.51. The predicted molar refractivity (Wildman–Crippen MR) is 132 cm³/mol. The zero-order valence-corrected chi connectivity index (χ0v) is 18.7. The minimum Gasteiger partial charge on any atom is -0.301 e. The fraction of sp³-hybridized carbons (Fsp3) is 0.214. The molecule has 2 unspecified atom stereocenters. The van der Waals surface area contributed by atoms with Crippen molar-refractivity contribution in [1.82, 2.24) is 9.97 Å². The van der Waals surface area contributed by atoms with Crippen LogP contribution in [0.5, 0.6) is 0 Å². The number of anilines is 4. The Balaban J connectivity index is 1.73. The highest BCUT2D eigenvalue weighted by Gasteiger charge is 2.59. The van der Waals surface area contributed by atoms with Crippen molar-refractivity contribution in [2.24, 2.45) is 5.41 Å². The summed E-state index contributed by atoms with van der Waals surface area (Å²) in [5, 5.41) is 0. The molecular weight excluding hydrogens is 392 g/mol. The maximum atomic E-state index is 5.15. The highest BCUT2D eigenvalue weighted by molar-refractivity contribution is 5.91. The second-order valence-electron chi connectivity index (χ2n) is 9.45. The predicted octanol–water partition coefficient (Wildman–Crippen LogP) is 6.73. The molecule has 1 aromatic heterocycles. The number of fused-ring (bicyclic) bond motifs is 6. The summed E-state index contributed by atoms with van der Waals surface area (Å²) in [6.45, 7) is 11.3. The first-order valence-electron chi connectivity index (χ1n) is 11.1. The van der Waals surface area contributed by atoms with E-state index in [0.717, 1.165) is 28.4 Å². The number of nitrogens with zero attached hydrogens (tertiary/aromatic N) is 4. The van der Waals surface area contributed by atoms with Crippen LogP contribution in [0.3, 0.4) is 0 Å². The molecule has 0 saturated carbocycles. The molecule has 4 heteroatoms. The molecule has 0 bridgehead atoms. The number of aromatic nitrogens is 2. The maximum absolute atomic E-state index is 5.15. The van der Waals surface area contributed by atoms with E-state index >= 15 is 0 Å². The first-order chi connectivity index (χ1) is 15.5. The largest absolute Gasteiger partial charge is 0.301 e. The second-order valence-corrected chi connectivity index (χ2v) is 9.45. The SMILES string of the molecule is C=CC1(C)c2ccccc2N2c3nc4ccccc4nc3N(c3ccccc3)C2C1(C)C. The van der Waals surface area contributed by atoms with Gasteiger partial charge in [0, 0.05) is 22.2 Å². The molecule has 6 rings (SSSR count). The third-order valence-electron chi connectivity index (χ3n) is 7.63. The third-order valence-corrected chi connectivity index (χ3v) is 7.63. The van der Waals surface area contributed by atoms with Crippen molar-refractivity contribution in [3.05, 3.63) is 97.1 Å². The van der Waals surface area contributed by atoms with Crippen molar-refractivity contribution in [2.45, 2.75) is 32.4 Å². The van der Waals surface area contributed by atoms with Crippen LogP contribution in [0.4, 0.5) is 23.0 Å². The molecule has 32 heavy (non-hydrogen) atoms. The van der Waals surface area contributed by atoms with E-state index in [4.69, 9.17) is 9.97 Å². The van der Waals surface area contributed by atoms with Gasteiger partial charge in [-0.15, -0.1) is 6.58 Å². The van der Waals surface area contributed by atoms with Gasteiger partial charge in [0.05, 0.1) is 11.0 Å². The van der Waals surface area contributed by atoms with Gasteiger partial charge in [0.25, 0.3) is 0 Å². The summed E-state index contributed by atoms with van der Waals surface area (Å²) >= 11 is 0. The number of rotatable bonds is 2. The quantitative estimate of drug-likeness (QED) is 0.338. The highest BCUT2D eigenvalue weighted by atomic mass is 15.5. The summed E-state index contributed by atoms with van der Waals surface area (Å²) < 4.78 is 0. The summed E-state index contributed by atoms with van der Waals surface area (Å²) in [5.41, 5.74) is 4.93. The van der Waals surface area contributed by atoms with Gasteiger partial charge in [0.1, 0.15) is 6.17 Å². The average Bonchev–Trinajstić information content (AvgIpc) is 3.17. The van der Waals surface area contributed by atoms with Gasteiger partial charge in [0.15, 0.2) is 11.6 Å². The van der Waals surface area contributed by atoms with Crippen LogP contribution in [0, 0.1) is 5.41 Å². The molecule has 158 valence electrons. The fourth-order valence-corrected chi connectivity index (χ4v) is 5.51. The molecule has 0 aliphatic carbocycles. The molecule has 0 spiro atoms. The van der Waals surface area contributed by atoms with E-state index in [-0.39, 0.29) is 17.0 Å². The van der Waals surface area contributed by atoms with E-state index in [1.807, 2.05) is 24.3 Å². The third kappa shape index (κ3) is 2.27. The average molecular weight is 419 g/mol. The first kappa shape index (κ1) is 19.1. The smallest absolute Gasteiger partial charge is 0.179 e. The number of hydrogen-bond acceptors (Lipinski definition) is 4. The van der Waals surface area contributed by atoms with Crippen molar-refractivity contribution in [3.63, 3.8) is 0 Å². The van der Waals surface area contributed by atoms with Gasteiger partial charge in [-0.05, 0) is 35.9 Å². The van der Waals surface area contributed by atoms with Crippen molar-refractivity contribution in [3.8, 4) is 0 Å². The first-order valence-corrected chi connectivity index (χ1v) is 11.1. The Morgan fingerprint density at radius 3 is 1.97 bits per heavy atom. The van der Waals surface area contributed by atoms with Crippen LogP contribution >= 0.6 is 0 Å². The normalized spacial score (nSPS) is 22.9. The zero-order valence-electron chi connectivity index (χ0n) is 18.7. The molecule has 4 nitrogen and oxygen atoms in total. The zero-order chi connectivity index (χ0) is 22.1. The van der Waals surface area contributed by atoms with E-state index in [9.17, 15) is 0 Å². The summed E-state index contributed by atoms with van der Waals surface area (Å²) in [5.74, 6) is 1.81. The Labute approximate surface area is 188 Å². The Morgan fingerprint density at radius 1 is 0.750 bits per heavy atom. The van der Waals surface area contributed by atoms with Gasteiger partial charge in [-0.2, -0.15) is 0 Å². The molecule has 2 atom stereocenters. The Hall–Kier alpha value is -3.66. The number of allylic oxidation sites excluding steroid dienone is 1. The van der Waals surface area contributed by atoms with Gasteiger partial charge in [0.2, 0.25) is 0 Å². The number of para-hydroxylation sites is 4. The van der Waals surface area contributed by atoms with Crippen LogP contribution in [0.15, 0.2) is 91.5 Å². The summed E-state index contributed by atoms with van der Waals surface area (Å²) in [6, 6.07) is 27.3. The van der Waals surface area contributed by atoms with E-state index in [2.05, 4.69) is 97.8 Å². The number of benzene rings is 3. The molecule has 0 amide bonds. The molecule has 3 heterocycles. The van der Waals surface area contributed by atoms with Gasteiger partial charge in [-0.25, -0.2) is 9.97 Å². The molecule has 2 aliphatic rings.